The van der Waals surface area contributed by atoms with Gasteiger partial charge in [0.1, 0.15) is 0 Å². The van der Waals surface area contributed by atoms with Gasteiger partial charge in [0, 0.05) is 4.47 Å². The van der Waals surface area contributed by atoms with E-state index in [2.05, 4.69) is 75.7 Å². The first-order chi connectivity index (χ1) is 8.57. The molecule has 1 rings (SSSR count). The number of hydrogen-bond acceptors (Lipinski definition) is 2. The molecule has 108 valence electrons. The third-order valence-electron chi connectivity index (χ3n) is 2.44. The maximum absolute atomic E-state index is 5.83. The summed E-state index contributed by atoms with van der Waals surface area (Å²) in [7, 11) is 0. The molecule has 0 N–H and O–H groups in total. The highest BCUT2D eigenvalue weighted by atomic mass is 79.9. The van der Waals surface area contributed by atoms with Crippen LogP contribution in [0.25, 0.3) is 0 Å². The van der Waals surface area contributed by atoms with Crippen molar-refractivity contribution < 1.29 is 9.47 Å². The summed E-state index contributed by atoms with van der Waals surface area (Å²) in [6, 6.07) is 6.28. The largest absolute Gasteiger partial charge is 0.371 e. The molecule has 0 saturated heterocycles. The van der Waals surface area contributed by atoms with Crippen molar-refractivity contribution in [2.24, 2.45) is 0 Å². The van der Waals surface area contributed by atoms with E-state index >= 15 is 0 Å². The Balaban J connectivity index is 2.71. The van der Waals surface area contributed by atoms with E-state index in [-0.39, 0.29) is 11.2 Å². The second-order valence-electron chi connectivity index (χ2n) is 6.73. The molecule has 3 heteroatoms. The van der Waals surface area contributed by atoms with Gasteiger partial charge in [0.2, 0.25) is 0 Å². The Bertz CT molecular complexity index is 414. The predicted octanol–water partition coefficient (Wildman–Crippen LogP) is 5.08. The van der Waals surface area contributed by atoms with Crippen molar-refractivity contribution in [3.8, 4) is 0 Å². The maximum atomic E-state index is 5.83. The van der Waals surface area contributed by atoms with Crippen molar-refractivity contribution in [2.45, 2.75) is 66.0 Å². The van der Waals surface area contributed by atoms with E-state index in [1.54, 1.807) is 0 Å². The van der Waals surface area contributed by atoms with Crippen molar-refractivity contribution in [1.29, 1.82) is 0 Å². The van der Waals surface area contributed by atoms with Crippen LogP contribution < -0.4 is 0 Å². The van der Waals surface area contributed by atoms with Crippen LogP contribution in [0.2, 0.25) is 0 Å². The maximum Gasteiger partial charge on any atom is 0.0735 e. The lowest BCUT2D eigenvalue weighted by Gasteiger charge is -2.21. The van der Waals surface area contributed by atoms with Gasteiger partial charge in [-0.15, -0.1) is 0 Å². The quantitative estimate of drug-likeness (QED) is 0.767. The minimum Gasteiger partial charge on any atom is -0.371 e. The highest BCUT2D eigenvalue weighted by molar-refractivity contribution is 9.10. The zero-order valence-corrected chi connectivity index (χ0v) is 14.4. The lowest BCUT2D eigenvalue weighted by atomic mass is 10.1. The predicted molar refractivity (Wildman–Crippen MR) is 83.2 cm³/mol. The minimum absolute atomic E-state index is 0.116. The smallest absolute Gasteiger partial charge is 0.0735 e. The van der Waals surface area contributed by atoms with Crippen molar-refractivity contribution in [1.82, 2.24) is 0 Å². The van der Waals surface area contributed by atoms with Crippen LogP contribution in [0.15, 0.2) is 22.7 Å². The highest BCUT2D eigenvalue weighted by Crippen LogP contribution is 2.23. The van der Waals surface area contributed by atoms with Crippen molar-refractivity contribution >= 4 is 15.9 Å². The first kappa shape index (κ1) is 16.7. The Hall–Kier alpha value is -0.380. The third-order valence-corrected chi connectivity index (χ3v) is 3.22. The van der Waals surface area contributed by atoms with E-state index in [9.17, 15) is 0 Å². The van der Waals surface area contributed by atoms with Crippen LogP contribution in [-0.4, -0.2) is 11.2 Å². The summed E-state index contributed by atoms with van der Waals surface area (Å²) in [6.07, 6.45) is 0. The van der Waals surface area contributed by atoms with Crippen LogP contribution in [0.1, 0.15) is 52.7 Å². The molecule has 1 aromatic carbocycles. The van der Waals surface area contributed by atoms with Gasteiger partial charge in [0.05, 0.1) is 24.4 Å². The number of ether oxygens (including phenoxy) is 2. The molecule has 0 aliphatic carbocycles. The van der Waals surface area contributed by atoms with Gasteiger partial charge in [0.25, 0.3) is 0 Å². The average molecular weight is 329 g/mol. The second kappa shape index (κ2) is 6.38. The van der Waals surface area contributed by atoms with Crippen LogP contribution in [0.4, 0.5) is 0 Å². The molecule has 0 bridgehead atoms. The molecule has 2 nitrogen and oxygen atoms in total. The summed E-state index contributed by atoms with van der Waals surface area (Å²) in [6.45, 7) is 13.6. The number of rotatable bonds is 4. The Kier molecular flexibility index (Phi) is 5.60. The molecule has 0 radical (unpaired) electrons. The van der Waals surface area contributed by atoms with Crippen molar-refractivity contribution in [3.63, 3.8) is 0 Å². The SMILES string of the molecule is CC(C)(C)OCc1ccc(Br)c(COC(C)(C)C)c1. The van der Waals surface area contributed by atoms with Crippen LogP contribution in [0, 0.1) is 0 Å². The summed E-state index contributed by atoms with van der Waals surface area (Å²) in [4.78, 5) is 0. The van der Waals surface area contributed by atoms with Gasteiger partial charge in [-0.1, -0.05) is 28.1 Å². The lowest BCUT2D eigenvalue weighted by molar-refractivity contribution is -0.0173. The normalized spacial score (nSPS) is 12.8. The van der Waals surface area contributed by atoms with Gasteiger partial charge in [-0.25, -0.2) is 0 Å². The first-order valence-electron chi connectivity index (χ1n) is 6.62. The van der Waals surface area contributed by atoms with Crippen LogP contribution in [-0.2, 0) is 22.7 Å². The van der Waals surface area contributed by atoms with Gasteiger partial charge >= 0.3 is 0 Å². The van der Waals surface area contributed by atoms with Gasteiger partial charge in [0.15, 0.2) is 0 Å². The number of hydrogen-bond donors (Lipinski definition) is 0. The number of halogens is 1. The summed E-state index contributed by atoms with van der Waals surface area (Å²) in [5.74, 6) is 0. The molecule has 0 heterocycles. The molecule has 0 aromatic heterocycles. The zero-order chi connectivity index (χ0) is 14.7. The number of benzene rings is 1. The average Bonchev–Trinajstić information content (AvgIpc) is 2.24. The molecule has 0 spiro atoms. The van der Waals surface area contributed by atoms with Gasteiger partial charge in [-0.2, -0.15) is 0 Å². The first-order valence-corrected chi connectivity index (χ1v) is 7.41. The van der Waals surface area contributed by atoms with Gasteiger partial charge < -0.3 is 9.47 Å². The van der Waals surface area contributed by atoms with E-state index < -0.39 is 0 Å². The summed E-state index contributed by atoms with van der Waals surface area (Å²) in [5.41, 5.74) is 2.09. The Labute approximate surface area is 125 Å². The van der Waals surface area contributed by atoms with E-state index in [0.29, 0.717) is 13.2 Å². The zero-order valence-electron chi connectivity index (χ0n) is 12.8. The van der Waals surface area contributed by atoms with E-state index in [0.717, 1.165) is 10.0 Å². The fourth-order valence-corrected chi connectivity index (χ4v) is 1.78. The molecule has 19 heavy (non-hydrogen) atoms. The Morgan fingerprint density at radius 1 is 0.895 bits per heavy atom. The van der Waals surface area contributed by atoms with E-state index in [4.69, 9.17) is 9.47 Å². The fourth-order valence-electron chi connectivity index (χ4n) is 1.42. The molecular formula is C16H25BrO2. The van der Waals surface area contributed by atoms with Crippen LogP contribution in [0.5, 0.6) is 0 Å². The Morgan fingerprint density at radius 3 is 1.95 bits per heavy atom. The monoisotopic (exact) mass is 328 g/mol. The lowest BCUT2D eigenvalue weighted by Crippen LogP contribution is -2.19. The van der Waals surface area contributed by atoms with Crippen LogP contribution >= 0.6 is 15.9 Å². The van der Waals surface area contributed by atoms with Gasteiger partial charge in [-0.3, -0.25) is 0 Å². The molecule has 0 amide bonds. The molecule has 1 aromatic rings. The molecule has 0 saturated carbocycles. The molecular weight excluding hydrogens is 304 g/mol. The van der Waals surface area contributed by atoms with Crippen molar-refractivity contribution in [3.05, 3.63) is 33.8 Å². The summed E-state index contributed by atoms with van der Waals surface area (Å²) >= 11 is 3.57. The fraction of sp³-hybridized carbons (Fsp3) is 0.625. The van der Waals surface area contributed by atoms with Crippen LogP contribution in [0.3, 0.4) is 0 Å². The molecule has 0 atom stereocenters. The Morgan fingerprint density at radius 2 is 1.42 bits per heavy atom. The summed E-state index contributed by atoms with van der Waals surface area (Å²) in [5, 5.41) is 0. The van der Waals surface area contributed by atoms with Gasteiger partial charge in [-0.05, 0) is 58.7 Å². The van der Waals surface area contributed by atoms with Crippen molar-refractivity contribution in [2.75, 3.05) is 0 Å². The standard InChI is InChI=1S/C16H25BrO2/c1-15(2,3)18-10-12-7-8-14(17)13(9-12)11-19-16(4,5)6/h7-9H,10-11H2,1-6H3. The third kappa shape index (κ3) is 7.09. The topological polar surface area (TPSA) is 18.5 Å². The van der Waals surface area contributed by atoms with E-state index in [1.165, 1.54) is 5.56 Å². The molecule has 0 fully saturated rings. The minimum atomic E-state index is -0.128. The van der Waals surface area contributed by atoms with E-state index in [1.807, 2.05) is 0 Å². The molecule has 0 aliphatic rings. The second-order valence-corrected chi connectivity index (χ2v) is 7.58. The molecule has 0 unspecified atom stereocenters. The molecule has 0 aliphatic heterocycles. The highest BCUT2D eigenvalue weighted by Gasteiger charge is 2.13. The summed E-state index contributed by atoms with van der Waals surface area (Å²) < 4.78 is 12.7.